The molecule has 13 heteroatoms. The van der Waals surface area contributed by atoms with Crippen LogP contribution in [-0.2, 0) is 11.4 Å². The number of hydrogen-bond acceptors (Lipinski definition) is 7. The number of fused-ring (bicyclic) bond motifs is 5. The van der Waals surface area contributed by atoms with Crippen LogP contribution in [0.3, 0.4) is 0 Å². The van der Waals surface area contributed by atoms with Crippen LogP contribution in [0.2, 0.25) is 5.02 Å². The van der Waals surface area contributed by atoms with Crippen molar-refractivity contribution in [1.29, 1.82) is 0 Å². The molecule has 10 nitrogen and oxygen atoms in total. The first kappa shape index (κ1) is 26.9. The van der Waals surface area contributed by atoms with Crippen molar-refractivity contribution in [2.45, 2.75) is 39.5 Å². The number of halogens is 3. The Labute approximate surface area is 238 Å². The summed E-state index contributed by atoms with van der Waals surface area (Å²) in [6, 6.07) is 3.69. The van der Waals surface area contributed by atoms with Crippen LogP contribution in [-0.4, -0.2) is 60.8 Å². The molecule has 0 aliphatic carbocycles. The van der Waals surface area contributed by atoms with Gasteiger partial charge in [-0.1, -0.05) is 24.2 Å². The molecule has 41 heavy (non-hydrogen) atoms. The summed E-state index contributed by atoms with van der Waals surface area (Å²) in [5, 5.41) is 4.82. The molecule has 212 valence electrons. The summed E-state index contributed by atoms with van der Waals surface area (Å²) >= 11 is 6.80. The predicted octanol–water partition coefficient (Wildman–Crippen LogP) is 4.27. The fourth-order valence-corrected chi connectivity index (χ4v) is 5.87. The van der Waals surface area contributed by atoms with Gasteiger partial charge in [0.1, 0.15) is 24.3 Å². The lowest BCUT2D eigenvalue weighted by molar-refractivity contribution is -0.126. The third kappa shape index (κ3) is 4.16. The summed E-state index contributed by atoms with van der Waals surface area (Å²) < 4.78 is 38.7. The number of aromatic nitrogens is 5. The van der Waals surface area contributed by atoms with Gasteiger partial charge in [0, 0.05) is 47.8 Å². The van der Waals surface area contributed by atoms with Crippen LogP contribution in [0.1, 0.15) is 32.4 Å². The number of benzene rings is 2. The van der Waals surface area contributed by atoms with Crippen molar-refractivity contribution in [3.05, 3.63) is 69.9 Å². The second kappa shape index (κ2) is 9.95. The van der Waals surface area contributed by atoms with Gasteiger partial charge in [-0.15, -0.1) is 0 Å². The number of nitrogens with zero attached hydrogens (tertiary/aromatic N) is 7. The molecule has 1 amide bonds. The van der Waals surface area contributed by atoms with Crippen LogP contribution >= 0.6 is 11.6 Å². The number of anilines is 1. The van der Waals surface area contributed by atoms with E-state index in [-0.39, 0.29) is 58.0 Å². The number of carbonyl (C=O) groups is 1. The molecule has 4 heterocycles. The van der Waals surface area contributed by atoms with Gasteiger partial charge >= 0.3 is 5.69 Å². The molecule has 2 aliphatic heterocycles. The standard InChI is InChI=1S/C28H26ClF2N7O3/c1-5-20(39)35-8-9-36(15(4)11-35)26-17-10-18(29)22-21-16(6-7-19(30)23(21)31)12-41-25(22)24(17)37(28(40)34-26)27-32-13-33-38(27)14(2)3/h5-7,10,13-15H,1,8-9,11-12H2,2-4H3/t15-/m0/s1. The number of amides is 1. The highest BCUT2D eigenvalue weighted by molar-refractivity contribution is 6.35. The predicted molar refractivity (Wildman–Crippen MR) is 150 cm³/mol. The molecule has 0 radical (unpaired) electrons. The van der Waals surface area contributed by atoms with E-state index in [0.29, 0.717) is 36.4 Å². The normalized spacial score (nSPS) is 16.5. The molecule has 1 saturated heterocycles. The maximum Gasteiger partial charge on any atom is 0.357 e. The molecule has 0 saturated carbocycles. The summed E-state index contributed by atoms with van der Waals surface area (Å²) in [6.07, 6.45) is 2.60. The summed E-state index contributed by atoms with van der Waals surface area (Å²) in [5.74, 6) is -1.65. The molecule has 1 fully saturated rings. The molecule has 2 aromatic heterocycles. The largest absolute Gasteiger partial charge is 0.486 e. The Morgan fingerprint density at radius 3 is 2.73 bits per heavy atom. The summed E-state index contributed by atoms with van der Waals surface area (Å²) in [6.45, 7) is 10.3. The minimum Gasteiger partial charge on any atom is -0.486 e. The van der Waals surface area contributed by atoms with E-state index < -0.39 is 17.3 Å². The molecule has 6 rings (SSSR count). The molecule has 2 aliphatic rings. The minimum atomic E-state index is -1.06. The van der Waals surface area contributed by atoms with Crippen molar-refractivity contribution in [2.75, 3.05) is 24.5 Å². The summed E-state index contributed by atoms with van der Waals surface area (Å²) in [5.41, 5.74) is 0.111. The van der Waals surface area contributed by atoms with E-state index in [0.717, 1.165) is 6.07 Å². The van der Waals surface area contributed by atoms with Crippen molar-refractivity contribution < 1.29 is 18.3 Å². The Morgan fingerprint density at radius 2 is 2.02 bits per heavy atom. The third-order valence-electron chi connectivity index (χ3n) is 7.50. The Morgan fingerprint density at radius 1 is 1.24 bits per heavy atom. The van der Waals surface area contributed by atoms with E-state index in [1.165, 1.54) is 23.0 Å². The fourth-order valence-electron chi connectivity index (χ4n) is 5.58. The van der Waals surface area contributed by atoms with Crippen molar-refractivity contribution in [3.8, 4) is 22.8 Å². The molecule has 0 spiro atoms. The molecule has 0 bridgehead atoms. The first-order chi connectivity index (χ1) is 19.6. The zero-order valence-corrected chi connectivity index (χ0v) is 23.3. The lowest BCUT2D eigenvalue weighted by atomic mass is 9.94. The highest BCUT2D eigenvalue weighted by Crippen LogP contribution is 2.49. The van der Waals surface area contributed by atoms with E-state index in [9.17, 15) is 14.0 Å². The monoisotopic (exact) mass is 581 g/mol. The Bertz CT molecular complexity index is 1800. The molecule has 0 unspecified atom stereocenters. The Kier molecular flexibility index (Phi) is 6.52. The van der Waals surface area contributed by atoms with E-state index in [1.54, 1.807) is 15.6 Å². The maximum absolute atomic E-state index is 15.3. The van der Waals surface area contributed by atoms with Gasteiger partial charge in [0.25, 0.3) is 0 Å². The van der Waals surface area contributed by atoms with Crippen LogP contribution < -0.4 is 15.3 Å². The van der Waals surface area contributed by atoms with E-state index >= 15 is 4.39 Å². The van der Waals surface area contributed by atoms with Gasteiger partial charge in [-0.25, -0.2) is 22.8 Å². The minimum absolute atomic E-state index is 0.0224. The molecule has 0 N–H and O–H groups in total. The number of ether oxygens (including phenoxy) is 1. The zero-order chi connectivity index (χ0) is 29.2. The topological polar surface area (TPSA) is 98.4 Å². The maximum atomic E-state index is 15.3. The molecule has 1 atom stereocenters. The van der Waals surface area contributed by atoms with Crippen molar-refractivity contribution >= 4 is 34.2 Å². The second-order valence-electron chi connectivity index (χ2n) is 10.3. The van der Waals surface area contributed by atoms with Crippen molar-refractivity contribution in [2.24, 2.45) is 0 Å². The van der Waals surface area contributed by atoms with Gasteiger partial charge < -0.3 is 14.5 Å². The average molecular weight is 582 g/mol. The molecular formula is C28H26ClF2N7O3. The van der Waals surface area contributed by atoms with Crippen molar-refractivity contribution in [3.63, 3.8) is 0 Å². The van der Waals surface area contributed by atoms with Crippen LogP contribution in [0.4, 0.5) is 14.6 Å². The first-order valence-corrected chi connectivity index (χ1v) is 13.5. The highest BCUT2D eigenvalue weighted by atomic mass is 35.5. The second-order valence-corrected chi connectivity index (χ2v) is 10.7. The molecule has 4 aromatic rings. The van der Waals surface area contributed by atoms with Crippen molar-refractivity contribution in [1.82, 2.24) is 29.2 Å². The first-order valence-electron chi connectivity index (χ1n) is 13.1. The smallest absolute Gasteiger partial charge is 0.357 e. The van der Waals surface area contributed by atoms with Crippen LogP contribution in [0.5, 0.6) is 5.75 Å². The van der Waals surface area contributed by atoms with Crippen LogP contribution in [0, 0.1) is 11.6 Å². The molecule has 2 aromatic carbocycles. The summed E-state index contributed by atoms with van der Waals surface area (Å²) in [4.78, 5) is 38.5. The fraction of sp³-hybridized carbons (Fsp3) is 0.321. The number of piperazine rings is 1. The van der Waals surface area contributed by atoms with Gasteiger partial charge in [-0.05, 0) is 39.0 Å². The van der Waals surface area contributed by atoms with Gasteiger partial charge in [0.05, 0.1) is 11.1 Å². The number of carbonyl (C=O) groups excluding carboxylic acids is 1. The SMILES string of the molecule is C=CC(=O)N1CCN(c2nc(=O)n(-c3ncnn3C(C)C)c3c4c(c(Cl)cc23)-c2c(ccc(F)c2F)CO4)[C@@H](C)C1. The van der Waals surface area contributed by atoms with Crippen LogP contribution in [0.15, 0.2) is 42.0 Å². The lowest BCUT2D eigenvalue weighted by Crippen LogP contribution is -2.54. The highest BCUT2D eigenvalue weighted by Gasteiger charge is 2.34. The van der Waals surface area contributed by atoms with E-state index in [1.807, 2.05) is 25.7 Å². The van der Waals surface area contributed by atoms with Gasteiger partial charge in [-0.3, -0.25) is 4.79 Å². The van der Waals surface area contributed by atoms with Crippen LogP contribution in [0.25, 0.3) is 28.0 Å². The molecular weight excluding hydrogens is 556 g/mol. The third-order valence-corrected chi connectivity index (χ3v) is 7.79. The summed E-state index contributed by atoms with van der Waals surface area (Å²) in [7, 11) is 0. The quantitative estimate of drug-likeness (QED) is 0.332. The number of hydrogen-bond donors (Lipinski definition) is 0. The lowest BCUT2D eigenvalue weighted by Gasteiger charge is -2.40. The Balaban J connectivity index is 1.67. The van der Waals surface area contributed by atoms with E-state index in [4.69, 9.17) is 16.3 Å². The van der Waals surface area contributed by atoms with E-state index in [2.05, 4.69) is 21.6 Å². The van der Waals surface area contributed by atoms with Gasteiger partial charge in [0.15, 0.2) is 17.4 Å². The van der Waals surface area contributed by atoms with Gasteiger partial charge in [-0.2, -0.15) is 15.1 Å². The Hall–Kier alpha value is -4.32. The zero-order valence-electron chi connectivity index (χ0n) is 22.6. The number of rotatable bonds is 4. The average Bonchev–Trinajstić information content (AvgIpc) is 3.44. The van der Waals surface area contributed by atoms with Gasteiger partial charge in [0.2, 0.25) is 11.9 Å².